The molecule has 0 bridgehead atoms. The van der Waals surface area contributed by atoms with Crippen LogP contribution < -0.4 is 5.32 Å². The molecule has 0 spiro atoms. The van der Waals surface area contributed by atoms with Gasteiger partial charge in [0.2, 0.25) is 0 Å². The first-order chi connectivity index (χ1) is 9.60. The quantitative estimate of drug-likeness (QED) is 0.840. The average Bonchev–Trinajstić information content (AvgIpc) is 2.48. The molecule has 20 heavy (non-hydrogen) atoms. The number of nitrogens with one attached hydrogen (secondary N) is 1. The zero-order valence-corrected chi connectivity index (χ0v) is 13.0. The maximum absolute atomic E-state index is 3.28. The number of hydrogen-bond acceptors (Lipinski definition) is 1. The molecule has 0 saturated heterocycles. The summed E-state index contributed by atoms with van der Waals surface area (Å²) in [5.74, 6) is 0. The Morgan fingerprint density at radius 2 is 1.55 bits per heavy atom. The van der Waals surface area contributed by atoms with Crippen LogP contribution in [0.4, 0.5) is 0 Å². The second-order valence-electron chi connectivity index (χ2n) is 5.72. The van der Waals surface area contributed by atoms with E-state index >= 15 is 0 Å². The van der Waals surface area contributed by atoms with Crippen LogP contribution in [-0.4, -0.2) is 13.1 Å². The van der Waals surface area contributed by atoms with Gasteiger partial charge in [0.1, 0.15) is 0 Å². The topological polar surface area (TPSA) is 12.0 Å². The molecule has 1 N–H and O–H groups in total. The molecule has 1 heteroatoms. The van der Waals surface area contributed by atoms with Gasteiger partial charge in [0.05, 0.1) is 0 Å². The molecular weight excluding hydrogens is 242 g/mol. The first kappa shape index (κ1) is 14.8. The van der Waals surface area contributed by atoms with Gasteiger partial charge in [-0.1, -0.05) is 42.5 Å². The molecular formula is C19H25N. The molecule has 2 rings (SSSR count). The first-order valence-electron chi connectivity index (χ1n) is 7.44. The lowest BCUT2D eigenvalue weighted by Gasteiger charge is -2.10. The third-order valence-corrected chi connectivity index (χ3v) is 4.15. The summed E-state index contributed by atoms with van der Waals surface area (Å²) in [6, 6.07) is 16.3. The Bertz CT molecular complexity index is 554. The van der Waals surface area contributed by atoms with Gasteiger partial charge in [-0.2, -0.15) is 0 Å². The standard InChI is InChI=1S/C19H25N/c1-14-5-10-19(13-15(14)2)18-11-8-17(9-12-18)7-6-16(3)20-4/h5,8-13,16,20H,6-7H2,1-4H3. The molecule has 0 fully saturated rings. The number of benzene rings is 2. The van der Waals surface area contributed by atoms with Crippen molar-refractivity contribution in [3.05, 3.63) is 59.2 Å². The third-order valence-electron chi connectivity index (χ3n) is 4.15. The second-order valence-corrected chi connectivity index (χ2v) is 5.72. The summed E-state index contributed by atoms with van der Waals surface area (Å²) >= 11 is 0. The fraction of sp³-hybridized carbons (Fsp3) is 0.368. The number of aryl methyl sites for hydroxylation is 3. The maximum Gasteiger partial charge on any atom is 0.00388 e. The van der Waals surface area contributed by atoms with E-state index in [0.29, 0.717) is 6.04 Å². The molecule has 0 aliphatic carbocycles. The predicted molar refractivity (Wildman–Crippen MR) is 88.2 cm³/mol. The highest BCUT2D eigenvalue weighted by Crippen LogP contribution is 2.23. The number of hydrogen-bond donors (Lipinski definition) is 1. The highest BCUT2D eigenvalue weighted by Gasteiger charge is 2.02. The molecule has 2 aromatic rings. The molecule has 1 nitrogen and oxygen atoms in total. The molecule has 1 atom stereocenters. The Kier molecular flexibility index (Phi) is 4.97. The minimum atomic E-state index is 0.578. The fourth-order valence-corrected chi connectivity index (χ4v) is 2.31. The van der Waals surface area contributed by atoms with Crippen molar-refractivity contribution in [2.24, 2.45) is 0 Å². The molecule has 0 aliphatic rings. The van der Waals surface area contributed by atoms with Crippen molar-refractivity contribution in [3.63, 3.8) is 0 Å². The third kappa shape index (κ3) is 3.71. The Labute approximate surface area is 123 Å². The summed E-state index contributed by atoms with van der Waals surface area (Å²) in [5.41, 5.74) is 6.74. The van der Waals surface area contributed by atoms with Crippen LogP contribution >= 0.6 is 0 Å². The van der Waals surface area contributed by atoms with Gasteiger partial charge in [0.15, 0.2) is 0 Å². The monoisotopic (exact) mass is 267 g/mol. The van der Waals surface area contributed by atoms with Gasteiger partial charge in [0.25, 0.3) is 0 Å². The molecule has 0 heterocycles. The van der Waals surface area contributed by atoms with Crippen molar-refractivity contribution in [1.82, 2.24) is 5.32 Å². The van der Waals surface area contributed by atoms with E-state index in [4.69, 9.17) is 0 Å². The predicted octanol–water partition coefficient (Wildman–Crippen LogP) is 4.51. The lowest BCUT2D eigenvalue weighted by atomic mass is 9.98. The van der Waals surface area contributed by atoms with Crippen LogP contribution in [0.3, 0.4) is 0 Å². The van der Waals surface area contributed by atoms with Gasteiger partial charge in [-0.3, -0.25) is 0 Å². The van der Waals surface area contributed by atoms with E-state index in [1.54, 1.807) is 0 Å². The lowest BCUT2D eigenvalue weighted by molar-refractivity contribution is 0.565. The molecule has 0 saturated carbocycles. The van der Waals surface area contributed by atoms with Gasteiger partial charge >= 0.3 is 0 Å². The van der Waals surface area contributed by atoms with Crippen LogP contribution in [0.2, 0.25) is 0 Å². The zero-order chi connectivity index (χ0) is 14.5. The van der Waals surface area contributed by atoms with Gasteiger partial charge < -0.3 is 5.32 Å². The largest absolute Gasteiger partial charge is 0.317 e. The van der Waals surface area contributed by atoms with Crippen molar-refractivity contribution in [2.75, 3.05) is 7.05 Å². The van der Waals surface area contributed by atoms with Crippen molar-refractivity contribution in [3.8, 4) is 11.1 Å². The first-order valence-corrected chi connectivity index (χ1v) is 7.44. The van der Waals surface area contributed by atoms with E-state index in [1.165, 1.54) is 34.2 Å². The molecule has 0 aromatic heterocycles. The van der Waals surface area contributed by atoms with Crippen molar-refractivity contribution >= 4 is 0 Å². The minimum Gasteiger partial charge on any atom is -0.317 e. The average molecular weight is 267 g/mol. The SMILES string of the molecule is CNC(C)CCc1ccc(-c2ccc(C)c(C)c2)cc1. The normalized spacial score (nSPS) is 12.4. The molecule has 0 radical (unpaired) electrons. The minimum absolute atomic E-state index is 0.578. The second kappa shape index (κ2) is 6.71. The van der Waals surface area contributed by atoms with E-state index in [9.17, 15) is 0 Å². The van der Waals surface area contributed by atoms with E-state index in [-0.39, 0.29) is 0 Å². The summed E-state index contributed by atoms with van der Waals surface area (Å²) in [4.78, 5) is 0. The van der Waals surface area contributed by atoms with E-state index in [0.717, 1.165) is 6.42 Å². The van der Waals surface area contributed by atoms with Crippen LogP contribution in [0.5, 0.6) is 0 Å². The Morgan fingerprint density at radius 3 is 2.15 bits per heavy atom. The van der Waals surface area contributed by atoms with Crippen LogP contribution in [-0.2, 0) is 6.42 Å². The van der Waals surface area contributed by atoms with Crippen LogP contribution in [0.15, 0.2) is 42.5 Å². The maximum atomic E-state index is 3.28. The molecule has 2 aromatic carbocycles. The molecule has 1 unspecified atom stereocenters. The van der Waals surface area contributed by atoms with Crippen molar-refractivity contribution in [1.29, 1.82) is 0 Å². The molecule has 0 aliphatic heterocycles. The van der Waals surface area contributed by atoms with Gasteiger partial charge in [-0.15, -0.1) is 0 Å². The van der Waals surface area contributed by atoms with E-state index in [1.807, 2.05) is 7.05 Å². The number of rotatable bonds is 5. The highest BCUT2D eigenvalue weighted by atomic mass is 14.8. The van der Waals surface area contributed by atoms with Crippen LogP contribution in [0.1, 0.15) is 30.0 Å². The summed E-state index contributed by atoms with van der Waals surface area (Å²) in [6.07, 6.45) is 2.31. The lowest BCUT2D eigenvalue weighted by Crippen LogP contribution is -2.21. The fourth-order valence-electron chi connectivity index (χ4n) is 2.31. The summed E-state index contributed by atoms with van der Waals surface area (Å²) in [5, 5.41) is 3.28. The Hall–Kier alpha value is -1.60. The van der Waals surface area contributed by atoms with Gasteiger partial charge in [-0.05, 0) is 68.5 Å². The van der Waals surface area contributed by atoms with Gasteiger partial charge in [0, 0.05) is 6.04 Å². The van der Waals surface area contributed by atoms with Crippen LogP contribution in [0.25, 0.3) is 11.1 Å². The Morgan fingerprint density at radius 1 is 0.900 bits per heavy atom. The smallest absolute Gasteiger partial charge is 0.00388 e. The molecule has 106 valence electrons. The molecule has 0 amide bonds. The Balaban J connectivity index is 2.09. The summed E-state index contributed by atoms with van der Waals surface area (Å²) in [7, 11) is 2.02. The van der Waals surface area contributed by atoms with Gasteiger partial charge in [-0.25, -0.2) is 0 Å². The van der Waals surface area contributed by atoms with E-state index < -0.39 is 0 Å². The summed E-state index contributed by atoms with van der Waals surface area (Å²) in [6.45, 7) is 6.56. The van der Waals surface area contributed by atoms with Crippen molar-refractivity contribution in [2.45, 2.75) is 39.7 Å². The van der Waals surface area contributed by atoms with E-state index in [2.05, 4.69) is 68.6 Å². The zero-order valence-electron chi connectivity index (χ0n) is 13.0. The highest BCUT2D eigenvalue weighted by molar-refractivity contribution is 5.65. The summed E-state index contributed by atoms with van der Waals surface area (Å²) < 4.78 is 0. The van der Waals surface area contributed by atoms with Crippen LogP contribution in [0, 0.1) is 13.8 Å². The van der Waals surface area contributed by atoms with Crippen molar-refractivity contribution < 1.29 is 0 Å².